The van der Waals surface area contributed by atoms with E-state index in [1.54, 1.807) is 28.2 Å². The minimum Gasteiger partial charge on any atom is -0.387 e. The van der Waals surface area contributed by atoms with Crippen LogP contribution in [-0.4, -0.2) is 70.3 Å². The average Bonchev–Trinajstić information content (AvgIpc) is 3.51. The highest BCUT2D eigenvalue weighted by molar-refractivity contribution is 6.00. The molecule has 1 saturated heterocycles. The van der Waals surface area contributed by atoms with E-state index in [0.29, 0.717) is 42.1 Å². The normalized spacial score (nSPS) is 18.2. The molecule has 1 amide bonds. The second-order valence-electron chi connectivity index (χ2n) is 8.78. The number of likely N-dealkylation sites (tertiary alicyclic amines) is 1. The summed E-state index contributed by atoms with van der Waals surface area (Å²) in [7, 11) is 0. The fourth-order valence-electron chi connectivity index (χ4n) is 4.85. The van der Waals surface area contributed by atoms with Gasteiger partial charge in [0.25, 0.3) is 0 Å². The summed E-state index contributed by atoms with van der Waals surface area (Å²) >= 11 is 0. The van der Waals surface area contributed by atoms with Crippen molar-refractivity contribution < 1.29 is 14.7 Å². The summed E-state index contributed by atoms with van der Waals surface area (Å²) in [6.07, 6.45) is 8.14. The Labute approximate surface area is 201 Å². The zero-order chi connectivity index (χ0) is 24.7. The number of hydrogen-bond acceptors (Lipinski definition) is 8. The van der Waals surface area contributed by atoms with Crippen LogP contribution in [0.25, 0.3) is 22.6 Å². The van der Waals surface area contributed by atoms with Gasteiger partial charge in [0.1, 0.15) is 12.4 Å². The van der Waals surface area contributed by atoms with Gasteiger partial charge < -0.3 is 15.7 Å². The molecule has 1 fully saturated rings. The van der Waals surface area contributed by atoms with E-state index in [2.05, 4.69) is 15.2 Å². The molecule has 35 heavy (non-hydrogen) atoms. The number of hydrogen-bond donors (Lipinski definition) is 2. The highest BCUT2D eigenvalue weighted by atomic mass is 16.3. The number of amides is 1. The van der Waals surface area contributed by atoms with Gasteiger partial charge in [0, 0.05) is 42.0 Å². The van der Waals surface area contributed by atoms with Crippen molar-refractivity contribution in [2.75, 3.05) is 18.9 Å². The first-order chi connectivity index (χ1) is 16.9. The van der Waals surface area contributed by atoms with Crippen LogP contribution in [0.15, 0.2) is 43.0 Å². The van der Waals surface area contributed by atoms with E-state index < -0.39 is 6.61 Å². The Morgan fingerprint density at radius 3 is 2.74 bits per heavy atom. The van der Waals surface area contributed by atoms with Gasteiger partial charge in [-0.25, -0.2) is 14.6 Å². The number of carbonyl (C=O) groups excluding carboxylic acids is 2. The number of aliphatic hydroxyl groups excluding tert-OH is 1. The molecule has 2 atom stereocenters. The number of nitrogens with zero attached hydrogens (tertiary/aromatic N) is 7. The van der Waals surface area contributed by atoms with E-state index >= 15 is 0 Å². The molecule has 0 aliphatic carbocycles. The zero-order valence-corrected chi connectivity index (χ0v) is 19.5. The summed E-state index contributed by atoms with van der Waals surface area (Å²) in [4.78, 5) is 35.6. The van der Waals surface area contributed by atoms with Crippen molar-refractivity contribution in [3.05, 3.63) is 54.2 Å². The molecule has 0 saturated carbocycles. The summed E-state index contributed by atoms with van der Waals surface area (Å²) in [6.45, 7) is 3.36. The molecule has 0 radical (unpaired) electrons. The Balaban J connectivity index is 1.57. The van der Waals surface area contributed by atoms with Crippen LogP contribution in [0.3, 0.4) is 0 Å². The molecule has 180 valence electrons. The number of pyridine rings is 1. The molecule has 11 heteroatoms. The van der Waals surface area contributed by atoms with Crippen LogP contribution in [0.4, 0.5) is 5.82 Å². The molecule has 4 aromatic heterocycles. The Hall–Kier alpha value is -4.12. The lowest BCUT2D eigenvalue weighted by molar-refractivity contribution is -0.137. The van der Waals surface area contributed by atoms with Crippen molar-refractivity contribution in [2.24, 2.45) is 0 Å². The lowest BCUT2D eigenvalue weighted by Crippen LogP contribution is -2.45. The highest BCUT2D eigenvalue weighted by Gasteiger charge is 2.33. The average molecular weight is 475 g/mol. The monoisotopic (exact) mass is 474 g/mol. The van der Waals surface area contributed by atoms with Gasteiger partial charge in [-0.05, 0) is 38.8 Å². The second kappa shape index (κ2) is 8.91. The summed E-state index contributed by atoms with van der Waals surface area (Å²) in [5, 5.41) is 18.1. The van der Waals surface area contributed by atoms with Crippen LogP contribution in [0.2, 0.25) is 0 Å². The van der Waals surface area contributed by atoms with E-state index in [1.165, 1.54) is 11.4 Å². The third-order valence-electron chi connectivity index (χ3n) is 6.56. The molecule has 0 spiro atoms. The predicted molar refractivity (Wildman–Crippen MR) is 128 cm³/mol. The number of rotatable bonds is 5. The Kier molecular flexibility index (Phi) is 5.77. The number of aliphatic hydroxyl groups is 1. The first kappa shape index (κ1) is 22.7. The number of nitrogen functional groups attached to an aromatic ring is 1. The topological polar surface area (TPSA) is 145 Å². The molecule has 0 bridgehead atoms. The maximum atomic E-state index is 12.6. The predicted octanol–water partition coefficient (Wildman–Crippen LogP) is 1.85. The van der Waals surface area contributed by atoms with Gasteiger partial charge in [0.05, 0.1) is 23.7 Å². The smallest absolute Gasteiger partial charge is 0.248 e. The van der Waals surface area contributed by atoms with Crippen LogP contribution in [0.1, 0.15) is 48.7 Å². The Bertz CT molecular complexity index is 1410. The Morgan fingerprint density at radius 2 is 2.06 bits per heavy atom. The summed E-state index contributed by atoms with van der Waals surface area (Å²) < 4.78 is 3.16. The number of carbonyl (C=O) groups is 2. The quantitative estimate of drug-likeness (QED) is 0.417. The maximum Gasteiger partial charge on any atom is 0.248 e. The van der Waals surface area contributed by atoms with Crippen LogP contribution in [-0.2, 0) is 4.79 Å². The van der Waals surface area contributed by atoms with Gasteiger partial charge in [0.2, 0.25) is 5.91 Å². The SMILES string of the molecule is CC(=O)c1c([C@H]2CCN(C(=O)CO)C(C)C2)nc2c(-c3cnn(-c4ccccn4)c3)cnn2c1N. The van der Waals surface area contributed by atoms with E-state index in [4.69, 9.17) is 10.7 Å². The molecule has 1 aliphatic heterocycles. The lowest BCUT2D eigenvalue weighted by atomic mass is 9.86. The molecule has 11 nitrogen and oxygen atoms in total. The fraction of sp³-hybridized carbons (Fsp3) is 0.333. The van der Waals surface area contributed by atoms with E-state index in [0.717, 1.165) is 11.1 Å². The van der Waals surface area contributed by atoms with Gasteiger partial charge in [-0.3, -0.25) is 9.59 Å². The van der Waals surface area contributed by atoms with Crippen molar-refractivity contribution in [3.63, 3.8) is 0 Å². The molecule has 5 rings (SSSR count). The minimum absolute atomic E-state index is 0.0714. The number of ketones is 1. The maximum absolute atomic E-state index is 12.6. The lowest BCUT2D eigenvalue weighted by Gasteiger charge is -2.37. The minimum atomic E-state index is -0.518. The third kappa shape index (κ3) is 3.93. The van der Waals surface area contributed by atoms with Crippen LogP contribution in [0.5, 0.6) is 0 Å². The molecule has 3 N–H and O–H groups in total. The van der Waals surface area contributed by atoms with E-state index in [1.807, 2.05) is 31.3 Å². The van der Waals surface area contributed by atoms with Crippen molar-refractivity contribution in [2.45, 2.75) is 38.6 Å². The molecule has 5 heterocycles. The van der Waals surface area contributed by atoms with Crippen LogP contribution < -0.4 is 5.73 Å². The van der Waals surface area contributed by atoms with Gasteiger partial charge >= 0.3 is 0 Å². The van der Waals surface area contributed by atoms with Crippen LogP contribution >= 0.6 is 0 Å². The number of fused-ring (bicyclic) bond motifs is 1. The van der Waals surface area contributed by atoms with E-state index in [9.17, 15) is 14.7 Å². The molecule has 1 unspecified atom stereocenters. The van der Waals surface area contributed by atoms with Crippen LogP contribution in [0, 0.1) is 0 Å². The zero-order valence-electron chi connectivity index (χ0n) is 19.5. The summed E-state index contributed by atoms with van der Waals surface area (Å²) in [6, 6.07) is 5.48. The number of aromatic nitrogens is 6. The number of Topliss-reactive ketones (excluding diaryl/α,β-unsaturated/α-hetero) is 1. The highest BCUT2D eigenvalue weighted by Crippen LogP contribution is 2.36. The van der Waals surface area contributed by atoms with Crippen molar-refractivity contribution in [1.29, 1.82) is 0 Å². The third-order valence-corrected chi connectivity index (χ3v) is 6.56. The Morgan fingerprint density at radius 1 is 1.23 bits per heavy atom. The molecular formula is C24H26N8O3. The summed E-state index contributed by atoms with van der Waals surface area (Å²) in [5.41, 5.74) is 9.48. The van der Waals surface area contributed by atoms with Crippen molar-refractivity contribution >= 4 is 23.2 Å². The van der Waals surface area contributed by atoms with E-state index in [-0.39, 0.29) is 29.5 Å². The van der Waals surface area contributed by atoms with Gasteiger partial charge in [-0.15, -0.1) is 0 Å². The fourth-order valence-corrected chi connectivity index (χ4v) is 4.85. The van der Waals surface area contributed by atoms with Gasteiger partial charge in [-0.2, -0.15) is 14.7 Å². The molecule has 0 aromatic carbocycles. The first-order valence-electron chi connectivity index (χ1n) is 11.4. The second-order valence-corrected chi connectivity index (χ2v) is 8.78. The van der Waals surface area contributed by atoms with Crippen molar-refractivity contribution in [3.8, 4) is 16.9 Å². The standard InChI is InChI=1S/C24H26N8O3/c1-14-9-16(6-8-30(14)20(35)13-33)22-21(15(2)34)23(25)32-24(29-22)18(11-28-32)17-10-27-31(12-17)19-5-3-4-7-26-19/h3-5,7,10-12,14,16,33H,6,8-9,13,25H2,1-2H3/t14?,16-/m0/s1. The number of nitrogens with two attached hydrogens (primary N) is 1. The largest absolute Gasteiger partial charge is 0.387 e. The van der Waals surface area contributed by atoms with Gasteiger partial charge in [-0.1, -0.05) is 6.07 Å². The number of piperidine rings is 1. The molecule has 4 aromatic rings. The molecular weight excluding hydrogens is 448 g/mol. The molecule has 1 aliphatic rings. The van der Waals surface area contributed by atoms with Gasteiger partial charge in [0.15, 0.2) is 17.2 Å². The van der Waals surface area contributed by atoms with Crippen molar-refractivity contribution in [1.82, 2.24) is 34.3 Å². The first-order valence-corrected chi connectivity index (χ1v) is 11.4. The number of anilines is 1. The summed E-state index contributed by atoms with van der Waals surface area (Å²) in [5.74, 6) is 0.364.